The van der Waals surface area contributed by atoms with E-state index in [9.17, 15) is 0 Å². The first kappa shape index (κ1) is 3.71. The molecule has 0 spiro atoms. The average molecular weight is 131 g/mol. The van der Waals surface area contributed by atoms with Crippen LogP contribution in [0.1, 0.15) is 2.74 Å². The lowest BCUT2D eigenvalue weighted by atomic mass is 10.2. The van der Waals surface area contributed by atoms with Gasteiger partial charge in [0.15, 0.2) is 0 Å². The van der Waals surface area contributed by atoms with Gasteiger partial charge in [0.25, 0.3) is 0 Å². The molecule has 0 aliphatic rings. The second-order valence-corrected chi connectivity index (χ2v) is 2.06. The summed E-state index contributed by atoms with van der Waals surface area (Å²) < 4.78 is 15.0. The molecule has 0 fully saturated rings. The van der Waals surface area contributed by atoms with Gasteiger partial charge >= 0.3 is 0 Å². The van der Waals surface area contributed by atoms with Crippen molar-refractivity contribution in [2.75, 3.05) is 0 Å². The van der Waals surface area contributed by atoms with Crippen LogP contribution in [0.4, 0.5) is 0 Å². The van der Waals surface area contributed by atoms with E-state index in [1.54, 1.807) is 0 Å². The number of pyridine rings is 1. The van der Waals surface area contributed by atoms with Crippen molar-refractivity contribution in [1.82, 2.24) is 4.98 Å². The smallest absolute Gasteiger partial charge is 0.0847 e. The molecular formula is C9H7N. The summed E-state index contributed by atoms with van der Waals surface area (Å²) in [5, 5.41) is 1.53. The Bertz CT molecular complexity index is 385. The molecule has 1 heterocycles. The van der Waals surface area contributed by atoms with Gasteiger partial charge < -0.3 is 0 Å². The van der Waals surface area contributed by atoms with Gasteiger partial charge in [0.1, 0.15) is 0 Å². The molecule has 0 N–H and O–H groups in total. The first-order valence-electron chi connectivity index (χ1n) is 4.10. The van der Waals surface area contributed by atoms with Gasteiger partial charge in [0.2, 0.25) is 0 Å². The van der Waals surface area contributed by atoms with Gasteiger partial charge in [-0.25, -0.2) is 0 Å². The van der Waals surface area contributed by atoms with E-state index in [2.05, 4.69) is 4.98 Å². The van der Waals surface area contributed by atoms with Gasteiger partial charge in [0.05, 0.1) is 2.74 Å². The minimum atomic E-state index is 0.238. The number of nitrogens with zero attached hydrogens (tertiary/aromatic N) is 1. The monoisotopic (exact) mass is 131 g/mol. The Balaban J connectivity index is 2.95. The van der Waals surface area contributed by atoms with Crippen molar-refractivity contribution in [3.05, 3.63) is 42.7 Å². The van der Waals surface area contributed by atoms with E-state index < -0.39 is 0 Å². The molecule has 0 saturated carbocycles. The van der Waals surface area contributed by atoms with E-state index in [0.29, 0.717) is 6.04 Å². The Morgan fingerprint density at radius 1 is 1.20 bits per heavy atom. The summed E-state index contributed by atoms with van der Waals surface area (Å²) in [5.41, 5.74) is 0. The van der Waals surface area contributed by atoms with Gasteiger partial charge in [-0.3, -0.25) is 4.98 Å². The van der Waals surface area contributed by atoms with Crippen LogP contribution in [-0.4, -0.2) is 4.98 Å². The van der Waals surface area contributed by atoms with Crippen LogP contribution in [0.25, 0.3) is 10.8 Å². The standard InChI is InChI=1S/C9H7N/c1-2-4-9-7-10-6-5-8(9)3-1/h1-7H/i5D,7D. The van der Waals surface area contributed by atoms with Crippen LogP contribution in [0.5, 0.6) is 0 Å². The van der Waals surface area contributed by atoms with E-state index in [1.807, 2.05) is 24.3 Å². The fourth-order valence-electron chi connectivity index (χ4n) is 0.910. The molecule has 1 heteroatoms. The third kappa shape index (κ3) is 0.760. The number of fused-ring (bicyclic) bond motifs is 1. The minimum absolute atomic E-state index is 0.238. The number of hydrogen-bond acceptors (Lipinski definition) is 1. The lowest BCUT2D eigenvalue weighted by Crippen LogP contribution is -1.71. The van der Waals surface area contributed by atoms with Crippen LogP contribution >= 0.6 is 0 Å². The lowest BCUT2D eigenvalue weighted by Gasteiger charge is -1.91. The minimum Gasteiger partial charge on any atom is -0.264 e. The predicted octanol–water partition coefficient (Wildman–Crippen LogP) is 2.23. The highest BCUT2D eigenvalue weighted by molar-refractivity contribution is 5.80. The average Bonchev–Trinajstić information content (AvgIpc) is 2.12. The summed E-state index contributed by atoms with van der Waals surface area (Å²) in [6, 6.07) is 7.73. The SMILES string of the molecule is [2H]c1cnc([2H])c2ccccc12. The van der Waals surface area contributed by atoms with Gasteiger partial charge in [-0.2, -0.15) is 0 Å². The number of benzene rings is 1. The van der Waals surface area contributed by atoms with Crippen LogP contribution in [-0.2, 0) is 0 Å². The third-order valence-corrected chi connectivity index (χ3v) is 1.40. The van der Waals surface area contributed by atoms with Crippen molar-refractivity contribution in [3.63, 3.8) is 0 Å². The highest BCUT2D eigenvalue weighted by Crippen LogP contribution is 2.09. The maximum Gasteiger partial charge on any atom is 0.0847 e. The molecule has 2 aromatic rings. The summed E-state index contributed by atoms with van der Waals surface area (Å²) in [6.45, 7) is 0. The fourth-order valence-corrected chi connectivity index (χ4v) is 0.910. The Labute approximate surface area is 62.1 Å². The van der Waals surface area contributed by atoms with Crippen LogP contribution in [0.15, 0.2) is 42.7 Å². The van der Waals surface area contributed by atoms with Gasteiger partial charge in [-0.1, -0.05) is 24.3 Å². The Kier molecular flexibility index (Phi) is 0.781. The van der Waals surface area contributed by atoms with E-state index >= 15 is 0 Å². The van der Waals surface area contributed by atoms with Crippen LogP contribution in [0, 0.1) is 0 Å². The first-order chi connectivity index (χ1) is 5.79. The van der Waals surface area contributed by atoms with Crippen molar-refractivity contribution in [1.29, 1.82) is 0 Å². The lowest BCUT2D eigenvalue weighted by molar-refractivity contribution is 1.36. The molecule has 1 nitrogen and oxygen atoms in total. The second kappa shape index (κ2) is 2.10. The van der Waals surface area contributed by atoms with Crippen molar-refractivity contribution < 1.29 is 2.74 Å². The molecule has 0 radical (unpaired) electrons. The van der Waals surface area contributed by atoms with Gasteiger partial charge in [-0.15, -0.1) is 0 Å². The zero-order chi connectivity index (χ0) is 8.55. The van der Waals surface area contributed by atoms with Crippen molar-refractivity contribution in [2.45, 2.75) is 0 Å². The van der Waals surface area contributed by atoms with E-state index in [1.165, 1.54) is 6.20 Å². The molecule has 0 saturated heterocycles. The van der Waals surface area contributed by atoms with Crippen molar-refractivity contribution in [3.8, 4) is 0 Å². The molecular weight excluding hydrogens is 122 g/mol. The molecule has 0 aliphatic carbocycles. The predicted molar refractivity (Wildman–Crippen MR) is 41.7 cm³/mol. The molecule has 0 aliphatic heterocycles. The summed E-state index contributed by atoms with van der Waals surface area (Å²) >= 11 is 0. The van der Waals surface area contributed by atoms with E-state index in [0.717, 1.165) is 10.8 Å². The number of hydrogen-bond donors (Lipinski definition) is 0. The highest BCUT2D eigenvalue weighted by atomic mass is 14.6. The van der Waals surface area contributed by atoms with Crippen LogP contribution in [0.2, 0.25) is 0 Å². The van der Waals surface area contributed by atoms with E-state index in [-0.39, 0.29) is 6.17 Å². The van der Waals surface area contributed by atoms with Crippen molar-refractivity contribution in [2.24, 2.45) is 0 Å². The molecule has 0 bridgehead atoms. The first-order valence-corrected chi connectivity index (χ1v) is 3.10. The molecule has 10 heavy (non-hydrogen) atoms. The molecule has 0 amide bonds. The topological polar surface area (TPSA) is 12.9 Å². The molecule has 48 valence electrons. The molecule has 1 aromatic heterocycles. The zero-order valence-corrected chi connectivity index (χ0v) is 5.33. The number of rotatable bonds is 0. The summed E-state index contributed by atoms with van der Waals surface area (Å²) in [7, 11) is 0. The third-order valence-electron chi connectivity index (χ3n) is 1.40. The fraction of sp³-hybridized carbons (Fsp3) is 0. The van der Waals surface area contributed by atoms with Crippen LogP contribution < -0.4 is 0 Å². The maximum atomic E-state index is 7.51. The second-order valence-electron chi connectivity index (χ2n) is 2.06. The Hall–Kier alpha value is -1.37. The Morgan fingerprint density at radius 2 is 2.00 bits per heavy atom. The quantitative estimate of drug-likeness (QED) is 0.534. The molecule has 0 unspecified atom stereocenters. The van der Waals surface area contributed by atoms with Gasteiger partial charge in [0, 0.05) is 12.4 Å². The van der Waals surface area contributed by atoms with Crippen molar-refractivity contribution >= 4 is 10.8 Å². The molecule has 0 atom stereocenters. The maximum absolute atomic E-state index is 7.51. The number of aromatic nitrogens is 1. The van der Waals surface area contributed by atoms with Crippen LogP contribution in [0.3, 0.4) is 0 Å². The summed E-state index contributed by atoms with van der Waals surface area (Å²) in [6.07, 6.45) is 1.65. The van der Waals surface area contributed by atoms with E-state index in [4.69, 9.17) is 2.74 Å². The zero-order valence-electron chi connectivity index (χ0n) is 7.33. The molecule has 1 aromatic carbocycles. The molecule has 2 rings (SSSR count). The summed E-state index contributed by atoms with van der Waals surface area (Å²) in [5.74, 6) is 0. The Morgan fingerprint density at radius 3 is 2.80 bits per heavy atom. The summed E-state index contributed by atoms with van der Waals surface area (Å²) in [4.78, 5) is 3.79. The highest BCUT2D eigenvalue weighted by Gasteiger charge is 1.86. The van der Waals surface area contributed by atoms with Gasteiger partial charge in [-0.05, 0) is 16.8 Å². The largest absolute Gasteiger partial charge is 0.264 e. The normalized spacial score (nSPS) is 12.8.